The second kappa shape index (κ2) is 6.99. The predicted octanol–water partition coefficient (Wildman–Crippen LogP) is 3.50. The van der Waals surface area contributed by atoms with Gasteiger partial charge in [0.25, 0.3) is 0 Å². The highest BCUT2D eigenvalue weighted by atomic mass is 16.2. The number of amides is 1. The molecule has 0 radical (unpaired) electrons. The van der Waals surface area contributed by atoms with E-state index in [1.54, 1.807) is 0 Å². The molecule has 1 aliphatic heterocycles. The van der Waals surface area contributed by atoms with Gasteiger partial charge < -0.3 is 10.2 Å². The van der Waals surface area contributed by atoms with Gasteiger partial charge in [0, 0.05) is 24.2 Å². The molecule has 1 aromatic heterocycles. The van der Waals surface area contributed by atoms with E-state index in [-0.39, 0.29) is 17.4 Å². The lowest BCUT2D eigenvalue weighted by molar-refractivity contribution is -0.124. The number of para-hydroxylation sites is 1. The summed E-state index contributed by atoms with van der Waals surface area (Å²) in [6, 6.07) is 10.5. The molecule has 4 nitrogen and oxygen atoms in total. The summed E-state index contributed by atoms with van der Waals surface area (Å²) < 4.78 is 0. The van der Waals surface area contributed by atoms with E-state index in [0.29, 0.717) is 5.92 Å². The highest BCUT2D eigenvalue weighted by molar-refractivity contribution is 5.92. The maximum atomic E-state index is 13.2. The second-order valence-electron chi connectivity index (χ2n) is 8.33. The Kier molecular flexibility index (Phi) is 4.70. The van der Waals surface area contributed by atoms with Crippen LogP contribution in [0.15, 0.2) is 36.5 Å². The van der Waals surface area contributed by atoms with Crippen LogP contribution in [0.25, 0.3) is 10.9 Å². The molecule has 2 aliphatic rings. The van der Waals surface area contributed by atoms with E-state index in [1.807, 2.05) is 24.4 Å². The first-order valence-electron chi connectivity index (χ1n) is 9.97. The van der Waals surface area contributed by atoms with E-state index in [1.165, 1.54) is 25.9 Å². The van der Waals surface area contributed by atoms with Crippen LogP contribution in [0.2, 0.25) is 0 Å². The van der Waals surface area contributed by atoms with Crippen LogP contribution in [0.4, 0.5) is 0 Å². The highest BCUT2D eigenvalue weighted by Crippen LogP contribution is 2.48. The minimum atomic E-state index is -0.366. The summed E-state index contributed by atoms with van der Waals surface area (Å²) in [7, 11) is 0. The zero-order valence-electron chi connectivity index (χ0n) is 15.9. The molecule has 2 heterocycles. The third kappa shape index (κ3) is 3.35. The number of rotatable bonds is 6. The van der Waals surface area contributed by atoms with Crippen molar-refractivity contribution in [2.45, 2.75) is 51.0 Å². The Morgan fingerprint density at radius 1 is 1.23 bits per heavy atom. The molecule has 0 unspecified atom stereocenters. The largest absolute Gasteiger partial charge is 0.351 e. The van der Waals surface area contributed by atoms with E-state index in [2.05, 4.69) is 41.2 Å². The molecule has 1 atom stereocenters. The van der Waals surface area contributed by atoms with Gasteiger partial charge in [-0.15, -0.1) is 0 Å². The zero-order chi connectivity index (χ0) is 18.1. The summed E-state index contributed by atoms with van der Waals surface area (Å²) in [6.07, 6.45) is 6.32. The molecule has 26 heavy (non-hydrogen) atoms. The van der Waals surface area contributed by atoms with Gasteiger partial charge in [0.05, 0.1) is 10.9 Å². The first-order chi connectivity index (χ1) is 12.6. The number of benzene rings is 1. The van der Waals surface area contributed by atoms with Gasteiger partial charge in [0.2, 0.25) is 5.91 Å². The minimum Gasteiger partial charge on any atom is -0.351 e. The molecule has 1 amide bonds. The van der Waals surface area contributed by atoms with Gasteiger partial charge in [-0.2, -0.15) is 0 Å². The normalized spacial score (nSPS) is 20.4. The summed E-state index contributed by atoms with van der Waals surface area (Å²) in [6.45, 7) is 7.71. The Hall–Kier alpha value is -1.94. The van der Waals surface area contributed by atoms with Gasteiger partial charge in [0.15, 0.2) is 0 Å². The van der Waals surface area contributed by atoms with Crippen molar-refractivity contribution in [3.05, 3.63) is 42.1 Å². The fraction of sp³-hybridized carbons (Fsp3) is 0.545. The Labute approximate surface area is 156 Å². The number of carbonyl (C=O) groups excluding carboxylic acids is 1. The second-order valence-corrected chi connectivity index (χ2v) is 8.33. The Bertz CT molecular complexity index is 791. The Balaban J connectivity index is 1.51. The van der Waals surface area contributed by atoms with Crippen molar-refractivity contribution in [2.24, 2.45) is 5.92 Å². The fourth-order valence-corrected chi connectivity index (χ4v) is 4.08. The molecule has 1 aliphatic carbocycles. The van der Waals surface area contributed by atoms with E-state index in [4.69, 9.17) is 0 Å². The van der Waals surface area contributed by atoms with Crippen LogP contribution in [0.1, 0.15) is 45.1 Å². The maximum Gasteiger partial charge on any atom is 0.230 e. The number of aromatic nitrogens is 1. The topological polar surface area (TPSA) is 45.2 Å². The van der Waals surface area contributed by atoms with E-state index in [0.717, 1.165) is 35.9 Å². The molecular formula is C22H29N3O. The van der Waals surface area contributed by atoms with Crippen LogP contribution < -0.4 is 5.32 Å². The smallest absolute Gasteiger partial charge is 0.230 e. The van der Waals surface area contributed by atoms with Gasteiger partial charge in [-0.25, -0.2) is 0 Å². The molecule has 1 aromatic carbocycles. The summed E-state index contributed by atoms with van der Waals surface area (Å²) in [5.74, 6) is 0.623. The molecule has 2 aromatic rings. The quantitative estimate of drug-likeness (QED) is 0.866. The summed E-state index contributed by atoms with van der Waals surface area (Å²) >= 11 is 0. The molecule has 4 rings (SSSR count). The average Bonchev–Trinajstić information content (AvgIpc) is 3.31. The SMILES string of the molecule is CC(C)[C@@H](CN1CCCC1)NC(=O)C1(c2cnc3ccccc3c2)CC1. The van der Waals surface area contributed by atoms with Gasteiger partial charge in [-0.1, -0.05) is 32.0 Å². The van der Waals surface area contributed by atoms with Crippen LogP contribution in [-0.2, 0) is 10.2 Å². The molecular weight excluding hydrogens is 322 g/mol. The van der Waals surface area contributed by atoms with Gasteiger partial charge in [-0.3, -0.25) is 9.78 Å². The minimum absolute atomic E-state index is 0.187. The van der Waals surface area contributed by atoms with Crippen molar-refractivity contribution in [2.75, 3.05) is 19.6 Å². The summed E-state index contributed by atoms with van der Waals surface area (Å²) in [5, 5.41) is 4.50. The van der Waals surface area contributed by atoms with E-state index >= 15 is 0 Å². The maximum absolute atomic E-state index is 13.2. The number of hydrogen-bond acceptors (Lipinski definition) is 3. The molecule has 1 saturated heterocycles. The predicted molar refractivity (Wildman–Crippen MR) is 105 cm³/mol. The lowest BCUT2D eigenvalue weighted by atomic mass is 9.93. The number of nitrogens with zero attached hydrogens (tertiary/aromatic N) is 2. The highest BCUT2D eigenvalue weighted by Gasteiger charge is 2.52. The van der Waals surface area contributed by atoms with Crippen LogP contribution >= 0.6 is 0 Å². The number of hydrogen-bond donors (Lipinski definition) is 1. The number of nitrogens with one attached hydrogen (secondary N) is 1. The Morgan fingerprint density at radius 2 is 1.96 bits per heavy atom. The Morgan fingerprint density at radius 3 is 2.65 bits per heavy atom. The average molecular weight is 351 g/mol. The summed E-state index contributed by atoms with van der Waals surface area (Å²) in [4.78, 5) is 20.3. The van der Waals surface area contributed by atoms with Crippen LogP contribution in [0.3, 0.4) is 0 Å². The standard InChI is InChI=1S/C22H29N3O/c1-16(2)20(15-25-11-5-6-12-25)24-21(26)22(9-10-22)18-13-17-7-3-4-8-19(17)23-14-18/h3-4,7-8,13-14,16,20H,5-6,9-12,15H2,1-2H3,(H,24,26)/t20-/m1/s1. The van der Waals surface area contributed by atoms with Crippen LogP contribution in [0, 0.1) is 5.92 Å². The van der Waals surface area contributed by atoms with E-state index < -0.39 is 0 Å². The van der Waals surface area contributed by atoms with Crippen molar-refractivity contribution in [1.29, 1.82) is 0 Å². The summed E-state index contributed by atoms with van der Waals surface area (Å²) in [5.41, 5.74) is 1.69. The molecule has 0 spiro atoms. The van der Waals surface area contributed by atoms with Crippen molar-refractivity contribution in [3.63, 3.8) is 0 Å². The number of pyridine rings is 1. The van der Waals surface area contributed by atoms with Gasteiger partial charge >= 0.3 is 0 Å². The van der Waals surface area contributed by atoms with Crippen molar-refractivity contribution in [1.82, 2.24) is 15.2 Å². The first-order valence-corrected chi connectivity index (χ1v) is 9.97. The molecule has 4 heteroatoms. The molecule has 1 N–H and O–H groups in total. The number of carbonyl (C=O) groups is 1. The third-order valence-corrected chi connectivity index (χ3v) is 6.10. The number of likely N-dealkylation sites (tertiary alicyclic amines) is 1. The van der Waals surface area contributed by atoms with Crippen molar-refractivity contribution >= 4 is 16.8 Å². The lowest BCUT2D eigenvalue weighted by Crippen LogP contribution is -2.49. The monoisotopic (exact) mass is 351 g/mol. The molecule has 138 valence electrons. The molecule has 0 bridgehead atoms. The first kappa shape index (κ1) is 17.5. The van der Waals surface area contributed by atoms with Crippen LogP contribution in [-0.4, -0.2) is 41.5 Å². The zero-order valence-corrected chi connectivity index (χ0v) is 15.9. The van der Waals surface area contributed by atoms with Crippen molar-refractivity contribution < 1.29 is 4.79 Å². The van der Waals surface area contributed by atoms with Gasteiger partial charge in [-0.05, 0) is 62.4 Å². The van der Waals surface area contributed by atoms with Gasteiger partial charge in [0.1, 0.15) is 0 Å². The lowest BCUT2D eigenvalue weighted by Gasteiger charge is -2.29. The van der Waals surface area contributed by atoms with Crippen LogP contribution in [0.5, 0.6) is 0 Å². The molecule has 1 saturated carbocycles. The fourth-order valence-electron chi connectivity index (χ4n) is 4.08. The third-order valence-electron chi connectivity index (χ3n) is 6.10. The molecule has 2 fully saturated rings. The number of fused-ring (bicyclic) bond motifs is 1. The van der Waals surface area contributed by atoms with E-state index in [9.17, 15) is 4.79 Å². The van der Waals surface area contributed by atoms with Crippen molar-refractivity contribution in [3.8, 4) is 0 Å².